The van der Waals surface area contributed by atoms with Crippen LogP contribution in [0.4, 0.5) is 27.6 Å². The van der Waals surface area contributed by atoms with Crippen LogP contribution < -0.4 is 9.04 Å². The van der Waals surface area contributed by atoms with Crippen molar-refractivity contribution in [2.24, 2.45) is 5.41 Å². The number of sulfonamides is 1. The van der Waals surface area contributed by atoms with Gasteiger partial charge in [0.15, 0.2) is 0 Å². The van der Waals surface area contributed by atoms with Crippen LogP contribution in [0.15, 0.2) is 65.6 Å². The van der Waals surface area contributed by atoms with Crippen LogP contribution in [0, 0.1) is 17.0 Å². The first-order chi connectivity index (χ1) is 19.3. The Kier molecular flexibility index (Phi) is 7.45. The molecule has 1 fully saturated rings. The zero-order chi connectivity index (χ0) is 29.6. The summed E-state index contributed by atoms with van der Waals surface area (Å²) in [6, 6.07) is 9.96. The Hall–Kier alpha value is -3.71. The third-order valence-corrected chi connectivity index (χ3v) is 9.18. The average Bonchev–Trinajstić information content (AvgIpc) is 2.93. The van der Waals surface area contributed by atoms with Crippen LogP contribution in [0.3, 0.4) is 0 Å². The number of aliphatic carboxylic acids is 1. The number of carboxylic acids is 1. The molecule has 2 aliphatic heterocycles. The molecule has 1 atom stereocenters. The van der Waals surface area contributed by atoms with Crippen molar-refractivity contribution in [3.8, 4) is 16.9 Å². The molecule has 0 aromatic heterocycles. The molecule has 0 aliphatic carbocycles. The zero-order valence-electron chi connectivity index (χ0n) is 21.3. The lowest BCUT2D eigenvalue weighted by Crippen LogP contribution is -2.48. The summed E-state index contributed by atoms with van der Waals surface area (Å²) in [6.45, 7) is -0.0641. The Labute approximate surface area is 232 Å². The first-order valence-electron chi connectivity index (χ1n) is 12.6. The molecular weight excluding hydrogens is 573 g/mol. The number of halogens is 5. The van der Waals surface area contributed by atoms with Crippen LogP contribution in [0.1, 0.15) is 24.8 Å². The van der Waals surface area contributed by atoms with Gasteiger partial charge in [-0.25, -0.2) is 17.2 Å². The molecule has 2 aliphatic rings. The summed E-state index contributed by atoms with van der Waals surface area (Å²) in [5, 5.41) is 10.0. The molecule has 3 aromatic rings. The molecule has 1 saturated heterocycles. The highest BCUT2D eigenvalue weighted by Crippen LogP contribution is 2.44. The molecule has 3 aromatic carbocycles. The van der Waals surface area contributed by atoms with Gasteiger partial charge >= 0.3 is 12.1 Å². The first-order valence-corrected chi connectivity index (χ1v) is 14.0. The van der Waals surface area contributed by atoms with E-state index in [0.29, 0.717) is 6.07 Å². The van der Waals surface area contributed by atoms with E-state index in [4.69, 9.17) is 9.47 Å². The third kappa shape index (κ3) is 5.60. The van der Waals surface area contributed by atoms with Crippen LogP contribution in [-0.4, -0.2) is 45.4 Å². The summed E-state index contributed by atoms with van der Waals surface area (Å²) in [6.07, 6.45) is -5.58. The molecule has 5 rings (SSSR count). The number of nitrogens with zero attached hydrogens (tertiary/aromatic N) is 1. The second kappa shape index (κ2) is 10.6. The molecule has 1 N–H and O–H groups in total. The lowest BCUT2D eigenvalue weighted by molar-refractivity contribution is -0.157. The van der Waals surface area contributed by atoms with Crippen LogP contribution >= 0.6 is 0 Å². The predicted molar refractivity (Wildman–Crippen MR) is 137 cm³/mol. The van der Waals surface area contributed by atoms with Crippen molar-refractivity contribution in [2.75, 3.05) is 24.1 Å². The van der Waals surface area contributed by atoms with Gasteiger partial charge in [-0.15, -0.1) is 0 Å². The van der Waals surface area contributed by atoms with E-state index in [1.807, 2.05) is 0 Å². The van der Waals surface area contributed by atoms with Gasteiger partial charge in [0, 0.05) is 25.2 Å². The van der Waals surface area contributed by atoms with E-state index in [1.165, 1.54) is 18.2 Å². The van der Waals surface area contributed by atoms with Gasteiger partial charge in [-0.3, -0.25) is 9.10 Å². The van der Waals surface area contributed by atoms with E-state index in [2.05, 4.69) is 0 Å². The summed E-state index contributed by atoms with van der Waals surface area (Å²) >= 11 is 0. The number of benzene rings is 3. The summed E-state index contributed by atoms with van der Waals surface area (Å²) < 4.78 is 109. The van der Waals surface area contributed by atoms with Crippen molar-refractivity contribution in [1.82, 2.24) is 0 Å². The van der Waals surface area contributed by atoms with Gasteiger partial charge in [-0.2, -0.15) is 13.2 Å². The first kappa shape index (κ1) is 28.8. The summed E-state index contributed by atoms with van der Waals surface area (Å²) in [4.78, 5) is 11.6. The Morgan fingerprint density at radius 3 is 2.44 bits per heavy atom. The second-order valence-corrected chi connectivity index (χ2v) is 11.9. The number of ether oxygens (including phenoxy) is 2. The zero-order valence-corrected chi connectivity index (χ0v) is 22.1. The molecule has 41 heavy (non-hydrogen) atoms. The molecule has 0 bridgehead atoms. The minimum Gasteiger partial charge on any atom is -0.486 e. The number of hydrogen-bond donors (Lipinski definition) is 1. The van der Waals surface area contributed by atoms with E-state index >= 15 is 0 Å². The van der Waals surface area contributed by atoms with Crippen molar-refractivity contribution in [1.29, 1.82) is 0 Å². The number of alkyl halides is 3. The molecular formula is C28H24F5NO6S. The minimum absolute atomic E-state index is 0.00930. The van der Waals surface area contributed by atoms with Crippen LogP contribution in [0.2, 0.25) is 0 Å². The molecule has 0 spiro atoms. The Morgan fingerprint density at radius 1 is 1.02 bits per heavy atom. The number of fused-ring (bicyclic) bond motifs is 1. The molecule has 0 unspecified atom stereocenters. The van der Waals surface area contributed by atoms with Crippen LogP contribution in [0.5, 0.6) is 5.75 Å². The molecule has 0 saturated carbocycles. The lowest BCUT2D eigenvalue weighted by Gasteiger charge is -2.40. The van der Waals surface area contributed by atoms with Crippen molar-refractivity contribution in [2.45, 2.75) is 36.4 Å². The van der Waals surface area contributed by atoms with Crippen molar-refractivity contribution >= 4 is 21.7 Å². The van der Waals surface area contributed by atoms with Gasteiger partial charge in [0.1, 0.15) is 23.5 Å². The van der Waals surface area contributed by atoms with Crippen LogP contribution in [-0.2, 0) is 25.7 Å². The highest BCUT2D eigenvalue weighted by atomic mass is 32.2. The smallest absolute Gasteiger partial charge is 0.416 e. The van der Waals surface area contributed by atoms with Gasteiger partial charge in [0.05, 0.1) is 28.1 Å². The van der Waals surface area contributed by atoms with E-state index < -0.39 is 62.3 Å². The largest absolute Gasteiger partial charge is 0.486 e. The average molecular weight is 598 g/mol. The molecule has 7 nitrogen and oxygen atoms in total. The summed E-state index contributed by atoms with van der Waals surface area (Å²) in [5.41, 5.74) is -2.63. The molecule has 218 valence electrons. The van der Waals surface area contributed by atoms with Gasteiger partial charge in [-0.1, -0.05) is 12.1 Å². The highest BCUT2D eigenvalue weighted by molar-refractivity contribution is 7.92. The monoisotopic (exact) mass is 597 g/mol. The minimum atomic E-state index is -4.81. The van der Waals surface area contributed by atoms with Gasteiger partial charge in [0.25, 0.3) is 10.0 Å². The normalized spacial score (nSPS) is 18.9. The Bertz CT molecular complexity index is 1590. The van der Waals surface area contributed by atoms with Crippen LogP contribution in [0.25, 0.3) is 11.1 Å². The summed E-state index contributed by atoms with van der Waals surface area (Å²) in [5.74, 6) is -2.63. The fourth-order valence-corrected chi connectivity index (χ4v) is 6.74. The fraction of sp³-hybridized carbons (Fsp3) is 0.321. The van der Waals surface area contributed by atoms with Crippen molar-refractivity contribution in [3.63, 3.8) is 0 Å². The van der Waals surface area contributed by atoms with Gasteiger partial charge < -0.3 is 14.6 Å². The maximum absolute atomic E-state index is 14.6. The highest BCUT2D eigenvalue weighted by Gasteiger charge is 2.45. The van der Waals surface area contributed by atoms with Crippen molar-refractivity contribution in [3.05, 3.63) is 77.9 Å². The molecule has 2 heterocycles. The van der Waals surface area contributed by atoms with E-state index in [0.717, 1.165) is 40.7 Å². The maximum Gasteiger partial charge on any atom is 0.416 e. The molecule has 0 amide bonds. The third-order valence-electron chi connectivity index (χ3n) is 7.40. The molecule has 0 radical (unpaired) electrons. The summed E-state index contributed by atoms with van der Waals surface area (Å²) in [7, 11) is -4.68. The van der Waals surface area contributed by atoms with Gasteiger partial charge in [0.2, 0.25) is 0 Å². The Morgan fingerprint density at radius 2 is 1.76 bits per heavy atom. The SMILES string of the molecule is O=C(O)C1(C[C@H]2CN(S(=O)(=O)c3cccc(C(F)(F)F)c3)c3cc(-c4cc(F)ccc4F)ccc3O2)CCOCC1. The number of carbonyl (C=O) groups is 1. The fourth-order valence-electron chi connectivity index (χ4n) is 5.20. The number of anilines is 1. The topological polar surface area (TPSA) is 93.1 Å². The van der Waals surface area contributed by atoms with Gasteiger partial charge in [-0.05, 0) is 66.9 Å². The standard InChI is InChI=1S/C28H24F5NO6S/c29-19-5-6-23(30)22(14-19)17-4-7-25-24(12-17)34(41(37,38)21-3-1-2-18(13-21)28(31,32)33)16-20(40-25)15-27(26(35)36)8-10-39-11-9-27/h1-7,12-14,20H,8-11,15-16H2,(H,35,36)/t20-/m0/s1. The predicted octanol–water partition coefficient (Wildman–Crippen LogP) is 5.88. The van der Waals surface area contributed by atoms with Crippen molar-refractivity contribution < 1.29 is 49.7 Å². The number of hydrogen-bond acceptors (Lipinski definition) is 5. The second-order valence-electron chi connectivity index (χ2n) is 10.0. The van der Waals surface area contributed by atoms with E-state index in [-0.39, 0.29) is 55.0 Å². The Balaban J connectivity index is 1.61. The van der Waals surface area contributed by atoms with E-state index in [1.54, 1.807) is 0 Å². The maximum atomic E-state index is 14.6. The van der Waals surface area contributed by atoms with E-state index in [9.17, 15) is 40.3 Å². The lowest BCUT2D eigenvalue weighted by atomic mass is 9.75. The number of rotatable bonds is 6. The quantitative estimate of drug-likeness (QED) is 0.357. The molecule has 13 heteroatoms. The number of carboxylic acid groups (broad SMARTS) is 1.